The zero-order valence-electron chi connectivity index (χ0n) is 11.7. The molecule has 0 bridgehead atoms. The number of benzene rings is 1. The van der Waals surface area contributed by atoms with Crippen LogP contribution in [0.15, 0.2) is 46.1 Å². The maximum atomic E-state index is 12.5. The number of carbonyl (C=O) groups is 1. The minimum atomic E-state index is -0.903. The van der Waals surface area contributed by atoms with Gasteiger partial charge in [-0.25, -0.2) is 4.79 Å². The van der Waals surface area contributed by atoms with Crippen LogP contribution in [0.5, 0.6) is 5.75 Å². The Morgan fingerprint density at radius 2 is 2.09 bits per heavy atom. The average Bonchev–Trinajstić information content (AvgIpc) is 2.88. The molecule has 0 atom stereocenters. The first-order valence-corrected chi connectivity index (χ1v) is 7.35. The molecule has 3 aromatic rings. The third kappa shape index (κ3) is 2.16. The van der Waals surface area contributed by atoms with E-state index in [4.69, 9.17) is 4.42 Å². The fourth-order valence-corrected chi connectivity index (χ4v) is 3.22. The van der Waals surface area contributed by atoms with Crippen LogP contribution in [0.2, 0.25) is 0 Å². The number of thiophene rings is 1. The number of para-hydroxylation sites is 1. The quantitative estimate of drug-likeness (QED) is 0.550. The molecule has 0 aliphatic carbocycles. The molecule has 0 radical (unpaired) electrons. The largest absolute Gasteiger partial charge is 0.871 e. The van der Waals surface area contributed by atoms with Crippen LogP contribution >= 0.6 is 11.3 Å². The summed E-state index contributed by atoms with van der Waals surface area (Å²) >= 11 is 1.22. The van der Waals surface area contributed by atoms with Crippen molar-refractivity contribution in [1.29, 1.82) is 0 Å². The van der Waals surface area contributed by atoms with Crippen LogP contribution in [0.25, 0.3) is 17.0 Å². The van der Waals surface area contributed by atoms with Crippen molar-refractivity contribution in [2.24, 2.45) is 0 Å². The number of carbonyl (C=O) groups excluding carboxylic acids is 1. The van der Waals surface area contributed by atoms with E-state index in [2.05, 4.69) is 6.58 Å². The molecule has 0 N–H and O–H groups in total. The Labute approximate surface area is 130 Å². The molecule has 0 saturated carbocycles. The maximum Gasteiger partial charge on any atom is 0.346 e. The second-order valence-corrected chi connectivity index (χ2v) is 6.00. The molecule has 0 saturated heterocycles. The van der Waals surface area contributed by atoms with Gasteiger partial charge in [-0.05, 0) is 24.6 Å². The van der Waals surface area contributed by atoms with Crippen LogP contribution < -0.4 is 10.7 Å². The molecule has 110 valence electrons. The van der Waals surface area contributed by atoms with Gasteiger partial charge in [-0.3, -0.25) is 4.79 Å². The lowest BCUT2D eigenvalue weighted by molar-refractivity contribution is -0.266. The summed E-state index contributed by atoms with van der Waals surface area (Å²) in [5, 5.41) is 12.7. The fourth-order valence-electron chi connectivity index (χ4n) is 2.25. The summed E-state index contributed by atoms with van der Waals surface area (Å²) in [5.41, 5.74) is -0.357. The van der Waals surface area contributed by atoms with E-state index in [0.717, 1.165) is 10.4 Å². The lowest BCUT2D eigenvalue weighted by atomic mass is 10.1. The van der Waals surface area contributed by atoms with Gasteiger partial charge in [0.25, 0.3) is 0 Å². The minimum Gasteiger partial charge on any atom is -0.871 e. The number of hydrogen-bond acceptors (Lipinski definition) is 5. The number of ketones is 1. The minimum absolute atomic E-state index is 0.184. The van der Waals surface area contributed by atoms with E-state index in [9.17, 15) is 14.7 Å². The zero-order valence-corrected chi connectivity index (χ0v) is 12.5. The topological polar surface area (TPSA) is 70.3 Å². The van der Waals surface area contributed by atoms with Crippen molar-refractivity contribution in [3.05, 3.63) is 68.2 Å². The van der Waals surface area contributed by atoms with Gasteiger partial charge in [-0.2, -0.15) is 0 Å². The fraction of sp³-hybridized carbons (Fsp3) is 0.0588. The molecule has 4 nitrogen and oxygen atoms in total. The predicted octanol–water partition coefficient (Wildman–Crippen LogP) is 3.11. The summed E-state index contributed by atoms with van der Waals surface area (Å²) < 4.78 is 5.09. The van der Waals surface area contributed by atoms with Crippen LogP contribution in [0.3, 0.4) is 0 Å². The number of rotatable bonds is 3. The first kappa shape index (κ1) is 14.3. The van der Waals surface area contributed by atoms with Crippen molar-refractivity contribution < 1.29 is 14.3 Å². The Balaban J connectivity index is 2.22. The van der Waals surface area contributed by atoms with Gasteiger partial charge in [0.1, 0.15) is 11.1 Å². The molecule has 1 aromatic carbocycles. The first-order valence-electron chi connectivity index (χ1n) is 6.53. The van der Waals surface area contributed by atoms with Gasteiger partial charge in [-0.15, -0.1) is 11.3 Å². The molecule has 0 amide bonds. The van der Waals surface area contributed by atoms with Gasteiger partial charge in [0.15, 0.2) is 0 Å². The van der Waals surface area contributed by atoms with Gasteiger partial charge < -0.3 is 9.52 Å². The molecule has 0 unspecified atom stereocenters. The van der Waals surface area contributed by atoms with Crippen LogP contribution in [0.4, 0.5) is 0 Å². The summed E-state index contributed by atoms with van der Waals surface area (Å²) in [7, 11) is 0. The second kappa shape index (κ2) is 5.27. The Morgan fingerprint density at radius 3 is 2.77 bits per heavy atom. The van der Waals surface area contributed by atoms with E-state index in [1.807, 2.05) is 6.92 Å². The molecular formula is C17H11O4S-. The normalized spacial score (nSPS) is 10.8. The summed E-state index contributed by atoms with van der Waals surface area (Å²) in [5.74, 6) is -1.20. The highest BCUT2D eigenvalue weighted by molar-refractivity contribution is 7.14. The number of aryl methyl sites for hydroxylation is 1. The second-order valence-electron chi connectivity index (χ2n) is 4.75. The van der Waals surface area contributed by atoms with Gasteiger partial charge in [0.05, 0.1) is 4.88 Å². The van der Waals surface area contributed by atoms with Gasteiger partial charge >= 0.3 is 5.63 Å². The Morgan fingerprint density at radius 1 is 1.36 bits per heavy atom. The van der Waals surface area contributed by atoms with E-state index in [1.54, 1.807) is 24.3 Å². The molecule has 5 heteroatoms. The maximum absolute atomic E-state index is 12.5. The molecule has 22 heavy (non-hydrogen) atoms. The molecule has 2 aromatic heterocycles. The molecule has 0 aliphatic rings. The molecule has 3 rings (SSSR count). The highest BCUT2D eigenvalue weighted by Crippen LogP contribution is 2.29. The van der Waals surface area contributed by atoms with E-state index in [0.29, 0.717) is 4.88 Å². The SMILES string of the molecule is C=Cc1cc(C(=O)c2c([O-])c3ccccc3oc2=O)sc1C. The monoisotopic (exact) mass is 311 g/mol. The standard InChI is InChI=1S/C17H12O4S/c1-3-10-8-13(22-9(10)2)16(19)14-15(18)11-6-4-5-7-12(11)21-17(14)20/h3-8,18H,1H2,2H3/p-1. The molecule has 0 fully saturated rings. The van der Waals surface area contributed by atoms with Crippen molar-refractivity contribution >= 4 is 34.2 Å². The van der Waals surface area contributed by atoms with E-state index in [-0.39, 0.29) is 11.0 Å². The third-order valence-electron chi connectivity index (χ3n) is 3.39. The molecule has 0 aliphatic heterocycles. The van der Waals surface area contributed by atoms with E-state index < -0.39 is 22.7 Å². The van der Waals surface area contributed by atoms with E-state index in [1.165, 1.54) is 23.5 Å². The molecule has 2 heterocycles. The number of fused-ring (bicyclic) bond motifs is 1. The predicted molar refractivity (Wildman–Crippen MR) is 84.5 cm³/mol. The first-order chi connectivity index (χ1) is 10.5. The molecule has 0 spiro atoms. The summed E-state index contributed by atoms with van der Waals surface area (Å²) in [6.07, 6.45) is 1.63. The van der Waals surface area contributed by atoms with Crippen molar-refractivity contribution in [3.8, 4) is 5.75 Å². The van der Waals surface area contributed by atoms with Gasteiger partial charge in [0, 0.05) is 10.3 Å². The Bertz CT molecular complexity index is 962. The van der Waals surface area contributed by atoms with Crippen molar-refractivity contribution in [3.63, 3.8) is 0 Å². The summed E-state index contributed by atoms with van der Waals surface area (Å²) in [4.78, 5) is 25.8. The van der Waals surface area contributed by atoms with Gasteiger partial charge in [-0.1, -0.05) is 36.6 Å². The average molecular weight is 311 g/mol. The van der Waals surface area contributed by atoms with Crippen LogP contribution in [-0.2, 0) is 0 Å². The lowest BCUT2D eigenvalue weighted by Gasteiger charge is -2.13. The van der Waals surface area contributed by atoms with Crippen LogP contribution in [-0.4, -0.2) is 5.78 Å². The summed E-state index contributed by atoms with van der Waals surface area (Å²) in [6.45, 7) is 5.51. The van der Waals surface area contributed by atoms with Crippen LogP contribution in [0.1, 0.15) is 25.7 Å². The van der Waals surface area contributed by atoms with Gasteiger partial charge in [0.2, 0.25) is 5.78 Å². The Kier molecular flexibility index (Phi) is 3.42. The third-order valence-corrected chi connectivity index (χ3v) is 4.46. The van der Waals surface area contributed by atoms with Crippen molar-refractivity contribution in [2.45, 2.75) is 6.92 Å². The smallest absolute Gasteiger partial charge is 0.346 e. The lowest BCUT2D eigenvalue weighted by Crippen LogP contribution is -2.18. The number of hydrogen-bond donors (Lipinski definition) is 0. The highest BCUT2D eigenvalue weighted by atomic mass is 32.1. The van der Waals surface area contributed by atoms with Crippen molar-refractivity contribution in [1.82, 2.24) is 0 Å². The zero-order chi connectivity index (χ0) is 15.9. The van der Waals surface area contributed by atoms with E-state index >= 15 is 0 Å². The van der Waals surface area contributed by atoms with Crippen molar-refractivity contribution in [2.75, 3.05) is 0 Å². The molecular weight excluding hydrogens is 300 g/mol. The summed E-state index contributed by atoms with van der Waals surface area (Å²) in [6, 6.07) is 8.00. The van der Waals surface area contributed by atoms with Crippen LogP contribution in [0, 0.1) is 6.92 Å². The highest BCUT2D eigenvalue weighted by Gasteiger charge is 2.20. The Hall–Kier alpha value is -2.66.